The van der Waals surface area contributed by atoms with E-state index in [9.17, 15) is 9.59 Å². The van der Waals surface area contributed by atoms with Crippen molar-refractivity contribution in [1.82, 2.24) is 4.90 Å². The number of hydrogen-bond donors (Lipinski definition) is 3. The third-order valence-corrected chi connectivity index (χ3v) is 3.08. The van der Waals surface area contributed by atoms with Gasteiger partial charge in [0.25, 0.3) is 0 Å². The molecule has 0 fully saturated rings. The Bertz CT molecular complexity index is 540. The van der Waals surface area contributed by atoms with Crippen molar-refractivity contribution in [2.24, 2.45) is 0 Å². The Morgan fingerprint density at radius 3 is 2.79 bits per heavy atom. The molecular formula is C13H18N4O2. The number of rotatable bonds is 3. The van der Waals surface area contributed by atoms with Gasteiger partial charge in [-0.1, -0.05) is 0 Å². The van der Waals surface area contributed by atoms with Gasteiger partial charge in [-0.25, -0.2) is 0 Å². The van der Waals surface area contributed by atoms with Gasteiger partial charge in [0.2, 0.25) is 11.8 Å². The van der Waals surface area contributed by atoms with E-state index >= 15 is 0 Å². The Kier molecular flexibility index (Phi) is 3.33. The second-order valence-electron chi connectivity index (χ2n) is 4.92. The van der Waals surface area contributed by atoms with E-state index in [2.05, 4.69) is 10.6 Å². The highest BCUT2D eigenvalue weighted by molar-refractivity contribution is 6.01. The lowest BCUT2D eigenvalue weighted by Gasteiger charge is -2.20. The number of carbonyl (C=O) groups is 2. The SMILES string of the molecule is CC(Nc1cc2c(cc1N)CC(=O)N2)C(=O)N(C)C. The van der Waals surface area contributed by atoms with E-state index in [4.69, 9.17) is 5.73 Å². The predicted molar refractivity (Wildman–Crippen MR) is 75.0 cm³/mol. The lowest BCUT2D eigenvalue weighted by atomic mass is 10.1. The van der Waals surface area contributed by atoms with Gasteiger partial charge in [0.15, 0.2) is 0 Å². The molecule has 0 aliphatic carbocycles. The molecule has 0 saturated carbocycles. The Balaban J connectivity index is 2.20. The first-order valence-electron chi connectivity index (χ1n) is 6.08. The van der Waals surface area contributed by atoms with Gasteiger partial charge >= 0.3 is 0 Å². The molecule has 1 atom stereocenters. The van der Waals surface area contributed by atoms with Crippen LogP contribution in [-0.4, -0.2) is 36.9 Å². The largest absolute Gasteiger partial charge is 0.397 e. The summed E-state index contributed by atoms with van der Waals surface area (Å²) in [7, 11) is 3.40. The molecule has 0 saturated heterocycles. The maximum atomic E-state index is 11.8. The molecule has 0 bridgehead atoms. The number of benzene rings is 1. The molecule has 6 heteroatoms. The molecule has 2 rings (SSSR count). The van der Waals surface area contributed by atoms with E-state index in [1.54, 1.807) is 33.2 Å². The highest BCUT2D eigenvalue weighted by atomic mass is 16.2. The van der Waals surface area contributed by atoms with Gasteiger partial charge in [-0.05, 0) is 24.6 Å². The van der Waals surface area contributed by atoms with Gasteiger partial charge < -0.3 is 21.3 Å². The van der Waals surface area contributed by atoms with Crippen molar-refractivity contribution in [3.63, 3.8) is 0 Å². The van der Waals surface area contributed by atoms with Gasteiger partial charge in [-0.2, -0.15) is 0 Å². The lowest BCUT2D eigenvalue weighted by molar-refractivity contribution is -0.129. The average molecular weight is 262 g/mol. The number of nitrogens with two attached hydrogens (primary N) is 1. The van der Waals surface area contributed by atoms with E-state index in [0.717, 1.165) is 11.3 Å². The minimum absolute atomic E-state index is 0.0380. The van der Waals surface area contributed by atoms with Crippen LogP contribution >= 0.6 is 0 Å². The fourth-order valence-electron chi connectivity index (χ4n) is 2.10. The molecule has 0 aromatic heterocycles. The molecule has 0 spiro atoms. The number of amides is 2. The molecule has 0 radical (unpaired) electrons. The quantitative estimate of drug-likeness (QED) is 0.698. The zero-order valence-electron chi connectivity index (χ0n) is 11.3. The van der Waals surface area contributed by atoms with Crippen molar-refractivity contribution in [3.8, 4) is 0 Å². The van der Waals surface area contributed by atoms with Crippen LogP contribution in [0.5, 0.6) is 0 Å². The van der Waals surface area contributed by atoms with Crippen LogP contribution in [0, 0.1) is 0 Å². The molecule has 1 aromatic rings. The first-order valence-corrected chi connectivity index (χ1v) is 6.08. The minimum Gasteiger partial charge on any atom is -0.397 e. The van der Waals surface area contributed by atoms with Crippen LogP contribution in [0.15, 0.2) is 12.1 Å². The van der Waals surface area contributed by atoms with Crippen LogP contribution in [0.3, 0.4) is 0 Å². The molecule has 1 heterocycles. The zero-order valence-corrected chi connectivity index (χ0v) is 11.3. The van der Waals surface area contributed by atoms with Gasteiger partial charge in [0, 0.05) is 19.8 Å². The number of carbonyl (C=O) groups excluding carboxylic acids is 2. The van der Waals surface area contributed by atoms with Crippen molar-refractivity contribution in [1.29, 1.82) is 0 Å². The van der Waals surface area contributed by atoms with E-state index in [0.29, 0.717) is 17.8 Å². The standard InChI is InChI=1S/C13H18N4O2/c1-7(13(19)17(2)3)15-11-6-10-8(4-9(11)14)5-12(18)16-10/h4,6-7,15H,5,14H2,1-3H3,(H,16,18). The van der Waals surface area contributed by atoms with Crippen LogP contribution in [0.2, 0.25) is 0 Å². The number of nitrogen functional groups attached to an aromatic ring is 1. The number of fused-ring (bicyclic) bond motifs is 1. The molecule has 6 nitrogen and oxygen atoms in total. The maximum absolute atomic E-state index is 11.8. The van der Waals surface area contributed by atoms with Crippen molar-refractivity contribution in [3.05, 3.63) is 17.7 Å². The third kappa shape index (κ3) is 2.62. The summed E-state index contributed by atoms with van der Waals surface area (Å²) in [6, 6.07) is 3.16. The Morgan fingerprint density at radius 1 is 1.47 bits per heavy atom. The van der Waals surface area contributed by atoms with Crippen LogP contribution in [0.1, 0.15) is 12.5 Å². The van der Waals surface area contributed by atoms with E-state index in [1.165, 1.54) is 4.90 Å². The fraction of sp³-hybridized carbons (Fsp3) is 0.385. The number of nitrogens with one attached hydrogen (secondary N) is 2. The van der Waals surface area contributed by atoms with Crippen LogP contribution < -0.4 is 16.4 Å². The van der Waals surface area contributed by atoms with Crippen LogP contribution in [0.25, 0.3) is 0 Å². The fourth-order valence-corrected chi connectivity index (χ4v) is 2.10. The summed E-state index contributed by atoms with van der Waals surface area (Å²) >= 11 is 0. The van der Waals surface area contributed by atoms with Crippen LogP contribution in [0.4, 0.5) is 17.1 Å². The zero-order chi connectivity index (χ0) is 14.2. The molecule has 19 heavy (non-hydrogen) atoms. The smallest absolute Gasteiger partial charge is 0.244 e. The van der Waals surface area contributed by atoms with E-state index in [-0.39, 0.29) is 17.9 Å². The third-order valence-electron chi connectivity index (χ3n) is 3.08. The second kappa shape index (κ2) is 4.79. The molecule has 2 amide bonds. The summed E-state index contributed by atoms with van der Waals surface area (Å²) in [5, 5.41) is 5.83. The van der Waals surface area contributed by atoms with Crippen LogP contribution in [-0.2, 0) is 16.0 Å². The Labute approximate surface area is 112 Å². The topological polar surface area (TPSA) is 87.5 Å². The molecule has 1 aliphatic heterocycles. The summed E-state index contributed by atoms with van der Waals surface area (Å²) < 4.78 is 0. The predicted octanol–water partition coefficient (Wildman–Crippen LogP) is 0.652. The van der Waals surface area contributed by atoms with Crippen molar-refractivity contribution < 1.29 is 9.59 Å². The second-order valence-corrected chi connectivity index (χ2v) is 4.92. The summed E-state index contributed by atoms with van der Waals surface area (Å²) in [4.78, 5) is 24.6. The van der Waals surface area contributed by atoms with Gasteiger partial charge in [0.1, 0.15) is 6.04 Å². The lowest BCUT2D eigenvalue weighted by Crippen LogP contribution is -2.36. The molecule has 1 aromatic carbocycles. The highest BCUT2D eigenvalue weighted by Gasteiger charge is 2.21. The normalized spacial score (nSPS) is 14.6. The summed E-state index contributed by atoms with van der Waals surface area (Å²) in [6.45, 7) is 1.77. The van der Waals surface area contributed by atoms with Crippen molar-refractivity contribution >= 4 is 28.9 Å². The minimum atomic E-state index is -0.382. The van der Waals surface area contributed by atoms with Gasteiger partial charge in [-0.15, -0.1) is 0 Å². The first kappa shape index (κ1) is 13.2. The number of likely N-dealkylation sites (N-methyl/N-ethyl adjacent to an activating group) is 1. The molecule has 4 N–H and O–H groups in total. The summed E-state index contributed by atoms with van der Waals surface area (Å²) in [5.41, 5.74) is 8.77. The van der Waals surface area contributed by atoms with E-state index in [1.807, 2.05) is 0 Å². The first-order chi connectivity index (χ1) is 8.88. The average Bonchev–Trinajstić information content (AvgIpc) is 2.67. The van der Waals surface area contributed by atoms with E-state index < -0.39 is 0 Å². The monoisotopic (exact) mass is 262 g/mol. The molecule has 1 unspecified atom stereocenters. The number of nitrogens with zero attached hydrogens (tertiary/aromatic N) is 1. The molecular weight excluding hydrogens is 244 g/mol. The Morgan fingerprint density at radius 2 is 2.16 bits per heavy atom. The molecule has 1 aliphatic rings. The summed E-state index contributed by atoms with van der Waals surface area (Å²) in [5.74, 6) is -0.0760. The van der Waals surface area contributed by atoms with Gasteiger partial charge in [0.05, 0.1) is 17.8 Å². The van der Waals surface area contributed by atoms with Gasteiger partial charge in [-0.3, -0.25) is 9.59 Å². The number of hydrogen-bond acceptors (Lipinski definition) is 4. The number of anilines is 3. The van der Waals surface area contributed by atoms with Crippen molar-refractivity contribution in [2.75, 3.05) is 30.5 Å². The highest BCUT2D eigenvalue weighted by Crippen LogP contribution is 2.31. The maximum Gasteiger partial charge on any atom is 0.244 e. The summed E-state index contributed by atoms with van der Waals surface area (Å²) in [6.07, 6.45) is 0.353. The Hall–Kier alpha value is -2.24. The van der Waals surface area contributed by atoms with Crippen molar-refractivity contribution in [2.45, 2.75) is 19.4 Å². The molecule has 102 valence electrons.